The van der Waals surface area contributed by atoms with Crippen LogP contribution in [0.2, 0.25) is 0 Å². The van der Waals surface area contributed by atoms with Crippen molar-refractivity contribution < 1.29 is 33.4 Å². The van der Waals surface area contributed by atoms with Crippen LogP contribution in [0.15, 0.2) is 91.0 Å². The van der Waals surface area contributed by atoms with Gasteiger partial charge in [-0.3, -0.25) is 4.79 Å². The average molecular weight is 577 g/mol. The quantitative estimate of drug-likeness (QED) is 0.119. The number of benzene rings is 3. The molecule has 11 nitrogen and oxygen atoms in total. The fourth-order valence-corrected chi connectivity index (χ4v) is 3.75. The summed E-state index contributed by atoms with van der Waals surface area (Å²) in [6, 6.07) is 27.1. The largest absolute Gasteiger partial charge is 0.445 e. The predicted octanol–water partition coefficient (Wildman–Crippen LogP) is 4.38. The Balaban J connectivity index is 1.39. The predicted molar refractivity (Wildman–Crippen MR) is 155 cm³/mol. The minimum Gasteiger partial charge on any atom is -0.445 e. The fourth-order valence-electron chi connectivity index (χ4n) is 3.75. The Labute approximate surface area is 244 Å². The van der Waals surface area contributed by atoms with Gasteiger partial charge < -0.3 is 35.5 Å². The normalized spacial score (nSPS) is 11.0. The van der Waals surface area contributed by atoms with Gasteiger partial charge in [0.15, 0.2) is 0 Å². The van der Waals surface area contributed by atoms with Crippen molar-refractivity contribution in [1.82, 2.24) is 21.3 Å². The van der Waals surface area contributed by atoms with Crippen LogP contribution < -0.4 is 21.3 Å². The molecule has 0 radical (unpaired) electrons. The summed E-state index contributed by atoms with van der Waals surface area (Å²) in [5.41, 5.74) is 2.53. The first kappa shape index (κ1) is 31.5. The number of amides is 4. The van der Waals surface area contributed by atoms with Gasteiger partial charge in [0.1, 0.15) is 19.8 Å². The lowest BCUT2D eigenvalue weighted by Crippen LogP contribution is -2.42. The van der Waals surface area contributed by atoms with E-state index in [2.05, 4.69) is 21.3 Å². The van der Waals surface area contributed by atoms with Gasteiger partial charge in [0, 0.05) is 19.0 Å². The van der Waals surface area contributed by atoms with Gasteiger partial charge in [-0.2, -0.15) is 0 Å². The van der Waals surface area contributed by atoms with Crippen LogP contribution in [-0.4, -0.2) is 43.4 Å². The molecule has 3 aromatic rings. The lowest BCUT2D eigenvalue weighted by atomic mass is 10.1. The lowest BCUT2D eigenvalue weighted by Gasteiger charge is -2.19. The van der Waals surface area contributed by atoms with Crippen LogP contribution in [-0.2, 0) is 38.8 Å². The molecular formula is C31H36N4O7. The van der Waals surface area contributed by atoms with Gasteiger partial charge in [-0.15, -0.1) is 0 Å². The standard InChI is InChI=1S/C31H36N4O7/c36-28(33-23-34-30(38)41-21-25-13-6-2-7-14-25)19-27(35-31(39)42-22-26-15-8-3-9-16-26)17-10-18-32-29(37)40-20-24-11-4-1-5-12-24/h1-9,11-16,27H,10,17-23H2,(H,32,37)(H,33,36)(H,34,38)(H,35,39)/t27-/m1/s1. The number of rotatable bonds is 15. The second-order valence-corrected chi connectivity index (χ2v) is 9.25. The number of hydrogen-bond acceptors (Lipinski definition) is 7. The first-order valence-electron chi connectivity index (χ1n) is 13.6. The molecule has 0 spiro atoms. The monoisotopic (exact) mass is 576 g/mol. The van der Waals surface area contributed by atoms with Crippen LogP contribution in [0.5, 0.6) is 0 Å². The van der Waals surface area contributed by atoms with E-state index in [0.29, 0.717) is 12.8 Å². The zero-order chi connectivity index (χ0) is 29.8. The summed E-state index contributed by atoms with van der Waals surface area (Å²) >= 11 is 0. The molecule has 11 heteroatoms. The highest BCUT2D eigenvalue weighted by Gasteiger charge is 2.18. The number of carbonyl (C=O) groups excluding carboxylic acids is 4. The van der Waals surface area contributed by atoms with E-state index in [1.807, 2.05) is 91.0 Å². The minimum atomic E-state index is -0.677. The second-order valence-electron chi connectivity index (χ2n) is 9.25. The molecule has 0 fully saturated rings. The van der Waals surface area contributed by atoms with Crippen LogP contribution in [0.1, 0.15) is 36.0 Å². The third kappa shape index (κ3) is 13.3. The maximum absolute atomic E-state index is 12.6. The van der Waals surface area contributed by atoms with Crippen molar-refractivity contribution in [3.63, 3.8) is 0 Å². The van der Waals surface area contributed by atoms with Gasteiger partial charge in [-0.25, -0.2) is 14.4 Å². The molecule has 0 aliphatic heterocycles. The zero-order valence-corrected chi connectivity index (χ0v) is 23.3. The first-order chi connectivity index (χ1) is 20.5. The number of hydrogen-bond donors (Lipinski definition) is 4. The van der Waals surface area contributed by atoms with Gasteiger partial charge in [0.25, 0.3) is 0 Å². The average Bonchev–Trinajstić information content (AvgIpc) is 3.01. The van der Waals surface area contributed by atoms with Crippen LogP contribution in [0, 0.1) is 0 Å². The number of ether oxygens (including phenoxy) is 3. The smallest absolute Gasteiger partial charge is 0.408 e. The van der Waals surface area contributed by atoms with Crippen LogP contribution in [0.4, 0.5) is 14.4 Å². The molecule has 1 atom stereocenters. The SMILES string of the molecule is O=C(C[C@@H](CCCNC(=O)OCc1ccccc1)NC(=O)OCc1ccccc1)NCNC(=O)OCc1ccccc1. The van der Waals surface area contributed by atoms with E-state index >= 15 is 0 Å². The zero-order valence-electron chi connectivity index (χ0n) is 23.3. The highest BCUT2D eigenvalue weighted by Crippen LogP contribution is 2.06. The molecule has 0 saturated heterocycles. The molecule has 4 amide bonds. The van der Waals surface area contributed by atoms with Crippen LogP contribution in [0.3, 0.4) is 0 Å². The van der Waals surface area contributed by atoms with Crippen molar-refractivity contribution in [3.05, 3.63) is 108 Å². The van der Waals surface area contributed by atoms with Crippen molar-refractivity contribution in [1.29, 1.82) is 0 Å². The second kappa shape index (κ2) is 18.3. The maximum atomic E-state index is 12.6. The summed E-state index contributed by atoms with van der Waals surface area (Å²) in [6.45, 7) is 0.465. The van der Waals surface area contributed by atoms with Crippen molar-refractivity contribution >= 4 is 24.2 Å². The molecular weight excluding hydrogens is 540 g/mol. The molecule has 0 bridgehead atoms. The molecule has 0 aliphatic carbocycles. The molecule has 0 heterocycles. The van der Waals surface area contributed by atoms with Crippen LogP contribution in [0.25, 0.3) is 0 Å². The molecule has 0 aliphatic rings. The Kier molecular flexibility index (Phi) is 13.7. The lowest BCUT2D eigenvalue weighted by molar-refractivity contribution is -0.121. The summed E-state index contributed by atoms with van der Waals surface area (Å²) in [6.07, 6.45) is -1.15. The Bertz CT molecular complexity index is 1240. The summed E-state index contributed by atoms with van der Waals surface area (Å²) in [5, 5.41) is 10.4. The highest BCUT2D eigenvalue weighted by atomic mass is 16.6. The molecule has 42 heavy (non-hydrogen) atoms. The third-order valence-corrected chi connectivity index (χ3v) is 5.91. The Morgan fingerprint density at radius 2 is 1.02 bits per heavy atom. The van der Waals surface area contributed by atoms with E-state index < -0.39 is 30.2 Å². The number of carbonyl (C=O) groups is 4. The van der Waals surface area contributed by atoms with E-state index in [1.165, 1.54) is 0 Å². The van der Waals surface area contributed by atoms with E-state index in [-0.39, 0.29) is 39.5 Å². The number of alkyl carbamates (subject to hydrolysis) is 3. The van der Waals surface area contributed by atoms with E-state index in [1.54, 1.807) is 0 Å². The van der Waals surface area contributed by atoms with Crippen molar-refractivity contribution in [2.75, 3.05) is 13.2 Å². The van der Waals surface area contributed by atoms with E-state index in [4.69, 9.17) is 14.2 Å². The van der Waals surface area contributed by atoms with Crippen molar-refractivity contribution in [3.8, 4) is 0 Å². The molecule has 0 aromatic heterocycles. The molecule has 4 N–H and O–H groups in total. The van der Waals surface area contributed by atoms with Gasteiger partial charge in [0.2, 0.25) is 5.91 Å². The van der Waals surface area contributed by atoms with Gasteiger partial charge in [-0.1, -0.05) is 91.0 Å². The minimum absolute atomic E-state index is 0.0698. The Hall–Kier alpha value is -5.06. The molecule has 3 aromatic carbocycles. The Morgan fingerprint density at radius 3 is 1.52 bits per heavy atom. The molecule has 0 unspecified atom stereocenters. The Morgan fingerprint density at radius 1 is 0.571 bits per heavy atom. The van der Waals surface area contributed by atoms with Crippen molar-refractivity contribution in [2.24, 2.45) is 0 Å². The first-order valence-corrected chi connectivity index (χ1v) is 13.6. The topological polar surface area (TPSA) is 144 Å². The van der Waals surface area contributed by atoms with Gasteiger partial charge in [-0.05, 0) is 29.5 Å². The van der Waals surface area contributed by atoms with Gasteiger partial charge in [0.05, 0.1) is 6.67 Å². The maximum Gasteiger partial charge on any atom is 0.408 e. The summed E-state index contributed by atoms with van der Waals surface area (Å²) in [4.78, 5) is 48.9. The number of nitrogens with one attached hydrogen (secondary N) is 4. The summed E-state index contributed by atoms with van der Waals surface area (Å²) < 4.78 is 15.6. The molecule has 222 valence electrons. The third-order valence-electron chi connectivity index (χ3n) is 5.91. The van der Waals surface area contributed by atoms with Crippen molar-refractivity contribution in [2.45, 2.75) is 45.1 Å². The highest BCUT2D eigenvalue weighted by molar-refractivity contribution is 5.78. The molecule has 0 saturated carbocycles. The van der Waals surface area contributed by atoms with Crippen LogP contribution >= 0.6 is 0 Å². The van der Waals surface area contributed by atoms with E-state index in [0.717, 1.165) is 16.7 Å². The summed E-state index contributed by atoms with van der Waals surface area (Å²) in [5.74, 6) is -0.401. The molecule has 3 rings (SSSR count). The fraction of sp³-hybridized carbons (Fsp3) is 0.290. The van der Waals surface area contributed by atoms with Gasteiger partial charge >= 0.3 is 18.3 Å². The summed E-state index contributed by atoms with van der Waals surface area (Å²) in [7, 11) is 0. The van der Waals surface area contributed by atoms with E-state index in [9.17, 15) is 19.2 Å².